The molecule has 0 unspecified atom stereocenters. The predicted molar refractivity (Wildman–Crippen MR) is 122 cm³/mol. The molecule has 2 amide bonds. The molecule has 0 radical (unpaired) electrons. The SMILES string of the molecule is CCN(Cc1ccc(C(=O)N(C)C)cc1)C(=O)c1cccc(OCc2c(C)noc2C)c1. The van der Waals surface area contributed by atoms with Gasteiger partial charge in [0.2, 0.25) is 0 Å². The molecule has 7 nitrogen and oxygen atoms in total. The fourth-order valence-corrected chi connectivity index (χ4v) is 3.32. The van der Waals surface area contributed by atoms with Crippen LogP contribution >= 0.6 is 0 Å². The van der Waals surface area contributed by atoms with Crippen LogP contribution in [-0.4, -0.2) is 47.4 Å². The molecule has 0 N–H and O–H groups in total. The summed E-state index contributed by atoms with van der Waals surface area (Å²) in [5.74, 6) is 1.21. The molecule has 0 aliphatic rings. The molecule has 7 heteroatoms. The van der Waals surface area contributed by atoms with Gasteiger partial charge in [-0.05, 0) is 56.7 Å². The zero-order chi connectivity index (χ0) is 23.3. The van der Waals surface area contributed by atoms with Crippen molar-refractivity contribution < 1.29 is 18.8 Å². The summed E-state index contributed by atoms with van der Waals surface area (Å²) in [5, 5.41) is 3.94. The first-order valence-electron chi connectivity index (χ1n) is 10.5. The van der Waals surface area contributed by atoms with Gasteiger partial charge in [0.15, 0.2) is 0 Å². The molecule has 0 aliphatic heterocycles. The maximum Gasteiger partial charge on any atom is 0.254 e. The smallest absolute Gasteiger partial charge is 0.254 e. The Morgan fingerprint density at radius 2 is 1.72 bits per heavy atom. The van der Waals surface area contributed by atoms with Gasteiger partial charge in [-0.1, -0.05) is 23.4 Å². The van der Waals surface area contributed by atoms with E-state index in [1.807, 2.05) is 45.0 Å². The highest BCUT2D eigenvalue weighted by Crippen LogP contribution is 2.20. The molecule has 0 saturated heterocycles. The molecule has 168 valence electrons. The van der Waals surface area contributed by atoms with Crippen molar-refractivity contribution in [3.8, 4) is 5.75 Å². The molecule has 0 bridgehead atoms. The summed E-state index contributed by atoms with van der Waals surface area (Å²) in [5.41, 5.74) is 3.85. The van der Waals surface area contributed by atoms with Crippen molar-refractivity contribution in [2.45, 2.75) is 33.9 Å². The minimum atomic E-state index is -0.0799. The first kappa shape index (κ1) is 23.1. The molecule has 1 aromatic heterocycles. The second-order valence-electron chi connectivity index (χ2n) is 7.84. The van der Waals surface area contributed by atoms with E-state index in [1.165, 1.54) is 4.90 Å². The number of benzene rings is 2. The number of ether oxygens (including phenoxy) is 1. The average Bonchev–Trinajstić information content (AvgIpc) is 3.12. The van der Waals surface area contributed by atoms with Crippen molar-refractivity contribution >= 4 is 11.8 Å². The molecule has 3 aromatic rings. The number of nitrogens with zero attached hydrogens (tertiary/aromatic N) is 3. The topological polar surface area (TPSA) is 75.9 Å². The highest BCUT2D eigenvalue weighted by atomic mass is 16.5. The summed E-state index contributed by atoms with van der Waals surface area (Å²) in [4.78, 5) is 28.5. The Kier molecular flexibility index (Phi) is 7.30. The van der Waals surface area contributed by atoms with E-state index in [0.29, 0.717) is 36.6 Å². The number of aromatic nitrogens is 1. The van der Waals surface area contributed by atoms with Crippen molar-refractivity contribution in [3.05, 3.63) is 82.2 Å². The highest BCUT2D eigenvalue weighted by Gasteiger charge is 2.17. The maximum absolute atomic E-state index is 13.1. The van der Waals surface area contributed by atoms with Crippen LogP contribution in [-0.2, 0) is 13.2 Å². The van der Waals surface area contributed by atoms with Gasteiger partial charge in [-0.3, -0.25) is 9.59 Å². The van der Waals surface area contributed by atoms with E-state index in [9.17, 15) is 9.59 Å². The van der Waals surface area contributed by atoms with Gasteiger partial charge in [0.1, 0.15) is 18.1 Å². The Morgan fingerprint density at radius 3 is 2.31 bits per heavy atom. The largest absolute Gasteiger partial charge is 0.489 e. The van der Waals surface area contributed by atoms with Crippen LogP contribution < -0.4 is 4.74 Å². The molecule has 2 aromatic carbocycles. The maximum atomic E-state index is 13.1. The summed E-state index contributed by atoms with van der Waals surface area (Å²) in [6, 6.07) is 14.5. The molecule has 0 aliphatic carbocycles. The lowest BCUT2D eigenvalue weighted by molar-refractivity contribution is 0.0751. The van der Waals surface area contributed by atoms with Crippen molar-refractivity contribution in [1.82, 2.24) is 15.0 Å². The van der Waals surface area contributed by atoms with E-state index in [1.54, 1.807) is 43.3 Å². The number of rotatable bonds is 8. The molecule has 1 heterocycles. The van der Waals surface area contributed by atoms with Crippen molar-refractivity contribution in [2.75, 3.05) is 20.6 Å². The van der Waals surface area contributed by atoms with E-state index in [0.717, 1.165) is 22.6 Å². The third-order valence-corrected chi connectivity index (χ3v) is 5.29. The van der Waals surface area contributed by atoms with Crippen LogP contribution in [0, 0.1) is 13.8 Å². The normalized spacial score (nSPS) is 10.7. The van der Waals surface area contributed by atoms with Crippen LogP contribution in [0.25, 0.3) is 0 Å². The molecule has 0 atom stereocenters. The molecule has 0 saturated carbocycles. The van der Waals surface area contributed by atoms with Gasteiger partial charge in [-0.25, -0.2) is 0 Å². The number of carbonyl (C=O) groups is 2. The van der Waals surface area contributed by atoms with Crippen LogP contribution in [0.2, 0.25) is 0 Å². The molecule has 0 fully saturated rings. The minimum absolute atomic E-state index is 0.0478. The summed E-state index contributed by atoms with van der Waals surface area (Å²) < 4.78 is 11.1. The Bertz CT molecular complexity index is 1070. The number of amides is 2. The van der Waals surface area contributed by atoms with Crippen LogP contribution in [0.1, 0.15) is 50.2 Å². The summed E-state index contributed by atoms with van der Waals surface area (Å²) in [7, 11) is 3.44. The standard InChI is InChI=1S/C25H29N3O4/c1-6-28(15-19-10-12-20(13-11-19)24(29)27(4)5)25(30)21-8-7-9-22(14-21)31-16-23-17(2)26-32-18(23)3/h7-14H,6,15-16H2,1-5H3. The minimum Gasteiger partial charge on any atom is -0.489 e. The van der Waals surface area contributed by atoms with Crippen LogP contribution in [0.4, 0.5) is 0 Å². The van der Waals surface area contributed by atoms with Gasteiger partial charge in [0, 0.05) is 38.3 Å². The fraction of sp³-hybridized carbons (Fsp3) is 0.320. The van der Waals surface area contributed by atoms with Crippen molar-refractivity contribution in [1.29, 1.82) is 0 Å². The fourth-order valence-electron chi connectivity index (χ4n) is 3.32. The second-order valence-corrected chi connectivity index (χ2v) is 7.84. The average molecular weight is 436 g/mol. The Labute approximate surface area is 188 Å². The van der Waals surface area contributed by atoms with Gasteiger partial charge in [0.25, 0.3) is 11.8 Å². The zero-order valence-electron chi connectivity index (χ0n) is 19.2. The first-order chi connectivity index (χ1) is 15.3. The first-order valence-corrected chi connectivity index (χ1v) is 10.5. The van der Waals surface area contributed by atoms with E-state index < -0.39 is 0 Å². The third kappa shape index (κ3) is 5.35. The third-order valence-electron chi connectivity index (χ3n) is 5.29. The van der Waals surface area contributed by atoms with Gasteiger partial charge >= 0.3 is 0 Å². The highest BCUT2D eigenvalue weighted by molar-refractivity contribution is 5.95. The summed E-state index contributed by atoms with van der Waals surface area (Å²) in [6.07, 6.45) is 0. The number of aryl methyl sites for hydroxylation is 2. The molecule has 0 spiro atoms. The van der Waals surface area contributed by atoms with Crippen molar-refractivity contribution in [3.63, 3.8) is 0 Å². The van der Waals surface area contributed by atoms with E-state index in [-0.39, 0.29) is 11.8 Å². The lowest BCUT2D eigenvalue weighted by Crippen LogP contribution is -2.30. The van der Waals surface area contributed by atoms with Gasteiger partial charge < -0.3 is 19.1 Å². The molecule has 32 heavy (non-hydrogen) atoms. The Balaban J connectivity index is 1.68. The van der Waals surface area contributed by atoms with Gasteiger partial charge in [-0.15, -0.1) is 0 Å². The molecule has 3 rings (SSSR count). The zero-order valence-corrected chi connectivity index (χ0v) is 19.2. The summed E-state index contributed by atoms with van der Waals surface area (Å²) >= 11 is 0. The predicted octanol–water partition coefficient (Wildman–Crippen LogP) is 4.23. The van der Waals surface area contributed by atoms with Crippen LogP contribution in [0.3, 0.4) is 0 Å². The van der Waals surface area contributed by atoms with Crippen molar-refractivity contribution in [2.24, 2.45) is 0 Å². The Hall–Kier alpha value is -3.61. The summed E-state index contributed by atoms with van der Waals surface area (Å²) in [6.45, 7) is 7.00. The monoisotopic (exact) mass is 435 g/mol. The number of hydrogen-bond donors (Lipinski definition) is 0. The van der Waals surface area contributed by atoms with E-state index in [2.05, 4.69) is 5.16 Å². The second kappa shape index (κ2) is 10.1. The molecular formula is C25H29N3O4. The van der Waals surface area contributed by atoms with Crippen LogP contribution in [0.15, 0.2) is 53.1 Å². The van der Waals surface area contributed by atoms with Gasteiger partial charge in [0.05, 0.1) is 11.3 Å². The molecular weight excluding hydrogens is 406 g/mol. The number of hydrogen-bond acceptors (Lipinski definition) is 5. The lowest BCUT2D eigenvalue weighted by atomic mass is 10.1. The number of carbonyl (C=O) groups excluding carboxylic acids is 2. The van der Waals surface area contributed by atoms with Gasteiger partial charge in [-0.2, -0.15) is 0 Å². The van der Waals surface area contributed by atoms with E-state index in [4.69, 9.17) is 9.26 Å². The van der Waals surface area contributed by atoms with E-state index >= 15 is 0 Å². The Morgan fingerprint density at radius 1 is 1.00 bits per heavy atom. The van der Waals surface area contributed by atoms with Crippen LogP contribution in [0.5, 0.6) is 5.75 Å². The quantitative estimate of drug-likeness (QED) is 0.529. The lowest BCUT2D eigenvalue weighted by Gasteiger charge is -2.21.